The molecule has 0 unspecified atom stereocenters. The molecule has 1 aromatic carbocycles. The van der Waals surface area contributed by atoms with E-state index in [-0.39, 0.29) is 0 Å². The number of thiophene rings is 1. The SMILES string of the molecule is [C-]#[N+]c1sc2nc(Cc3cc(OC)c(OC)c(OC)c3)nc(N3CCOCC3)c2c1C. The Kier molecular flexibility index (Phi) is 6.11. The van der Waals surface area contributed by atoms with Crippen LogP contribution in [0.2, 0.25) is 0 Å². The van der Waals surface area contributed by atoms with E-state index in [1.54, 1.807) is 21.3 Å². The number of hydrogen-bond acceptors (Lipinski definition) is 8. The van der Waals surface area contributed by atoms with E-state index in [9.17, 15) is 0 Å². The molecular formula is C22H24N4O4S. The molecule has 1 fully saturated rings. The molecule has 1 aliphatic heterocycles. The van der Waals surface area contributed by atoms with Crippen LogP contribution in [-0.4, -0.2) is 57.6 Å². The fourth-order valence-electron chi connectivity index (χ4n) is 3.76. The third-order valence-electron chi connectivity index (χ3n) is 5.29. The minimum Gasteiger partial charge on any atom is -0.493 e. The van der Waals surface area contributed by atoms with Gasteiger partial charge in [-0.05, 0) is 30.2 Å². The summed E-state index contributed by atoms with van der Waals surface area (Å²) in [4.78, 5) is 16.5. The smallest absolute Gasteiger partial charge is 0.246 e. The average molecular weight is 441 g/mol. The van der Waals surface area contributed by atoms with Crippen LogP contribution in [0.1, 0.15) is 17.0 Å². The highest BCUT2D eigenvalue weighted by molar-refractivity contribution is 7.22. The lowest BCUT2D eigenvalue weighted by Crippen LogP contribution is -2.37. The summed E-state index contributed by atoms with van der Waals surface area (Å²) < 4.78 is 21.9. The summed E-state index contributed by atoms with van der Waals surface area (Å²) in [6, 6.07) is 3.82. The fraction of sp³-hybridized carbons (Fsp3) is 0.409. The Bertz CT molecular complexity index is 1120. The predicted molar refractivity (Wildman–Crippen MR) is 120 cm³/mol. The second-order valence-corrected chi connectivity index (χ2v) is 8.07. The molecule has 1 aliphatic rings. The van der Waals surface area contributed by atoms with Crippen molar-refractivity contribution in [3.63, 3.8) is 0 Å². The second-order valence-electron chi connectivity index (χ2n) is 7.10. The van der Waals surface area contributed by atoms with E-state index in [1.807, 2.05) is 19.1 Å². The van der Waals surface area contributed by atoms with Crippen molar-refractivity contribution in [1.82, 2.24) is 9.97 Å². The number of rotatable bonds is 6. The van der Waals surface area contributed by atoms with Crippen LogP contribution in [0.5, 0.6) is 17.2 Å². The van der Waals surface area contributed by atoms with Crippen LogP contribution in [0.15, 0.2) is 12.1 Å². The van der Waals surface area contributed by atoms with Gasteiger partial charge in [-0.2, -0.15) is 0 Å². The molecule has 1 saturated heterocycles. The molecule has 8 nitrogen and oxygen atoms in total. The maximum absolute atomic E-state index is 7.51. The van der Waals surface area contributed by atoms with Gasteiger partial charge >= 0.3 is 0 Å². The van der Waals surface area contributed by atoms with E-state index < -0.39 is 0 Å². The summed E-state index contributed by atoms with van der Waals surface area (Å²) in [7, 11) is 4.78. The summed E-state index contributed by atoms with van der Waals surface area (Å²) in [5, 5.41) is 1.62. The number of hydrogen-bond donors (Lipinski definition) is 0. The molecule has 3 aromatic rings. The molecule has 9 heteroatoms. The van der Waals surface area contributed by atoms with E-state index in [1.165, 1.54) is 11.3 Å². The highest BCUT2D eigenvalue weighted by Crippen LogP contribution is 2.42. The monoisotopic (exact) mass is 440 g/mol. The van der Waals surface area contributed by atoms with Crippen molar-refractivity contribution in [3.8, 4) is 17.2 Å². The van der Waals surface area contributed by atoms with Crippen LogP contribution < -0.4 is 19.1 Å². The molecular weight excluding hydrogens is 416 g/mol. The number of fused-ring (bicyclic) bond motifs is 1. The largest absolute Gasteiger partial charge is 0.493 e. The molecule has 0 aliphatic carbocycles. The first-order valence-electron chi connectivity index (χ1n) is 9.88. The van der Waals surface area contributed by atoms with Crippen molar-refractivity contribution < 1.29 is 18.9 Å². The van der Waals surface area contributed by atoms with Crippen molar-refractivity contribution in [3.05, 3.63) is 40.5 Å². The quantitative estimate of drug-likeness (QED) is 0.537. The van der Waals surface area contributed by atoms with Crippen LogP contribution >= 0.6 is 11.3 Å². The maximum Gasteiger partial charge on any atom is 0.246 e. The number of ether oxygens (including phenoxy) is 4. The molecule has 0 N–H and O–H groups in total. The highest BCUT2D eigenvalue weighted by Gasteiger charge is 2.22. The molecule has 0 atom stereocenters. The molecule has 2 aromatic heterocycles. The number of anilines is 1. The number of benzene rings is 1. The Balaban J connectivity index is 1.81. The molecule has 0 spiro atoms. The molecule has 3 heterocycles. The van der Waals surface area contributed by atoms with E-state index in [0.717, 1.165) is 40.3 Å². The van der Waals surface area contributed by atoms with E-state index >= 15 is 0 Å². The minimum absolute atomic E-state index is 0.494. The zero-order valence-corrected chi connectivity index (χ0v) is 18.8. The van der Waals surface area contributed by atoms with Crippen LogP contribution in [0.3, 0.4) is 0 Å². The van der Waals surface area contributed by atoms with Gasteiger partial charge in [-0.3, -0.25) is 0 Å². The lowest BCUT2D eigenvalue weighted by molar-refractivity contribution is 0.122. The fourth-order valence-corrected chi connectivity index (χ4v) is 4.74. The van der Waals surface area contributed by atoms with Gasteiger partial charge in [0.15, 0.2) is 11.5 Å². The lowest BCUT2D eigenvalue weighted by Gasteiger charge is -2.28. The number of nitrogens with zero attached hydrogens (tertiary/aromatic N) is 4. The zero-order valence-electron chi connectivity index (χ0n) is 18.0. The molecule has 4 rings (SSSR count). The minimum atomic E-state index is 0.494. The third-order valence-corrected chi connectivity index (χ3v) is 6.37. The summed E-state index contributed by atoms with van der Waals surface area (Å²) in [5.74, 6) is 3.29. The Morgan fingerprint density at radius 1 is 1.10 bits per heavy atom. The van der Waals surface area contributed by atoms with Gasteiger partial charge in [0.05, 0.1) is 41.1 Å². The Morgan fingerprint density at radius 3 is 2.35 bits per heavy atom. The first kappa shape index (κ1) is 21.2. The van der Waals surface area contributed by atoms with Gasteiger partial charge in [0.2, 0.25) is 10.8 Å². The van der Waals surface area contributed by atoms with Crippen molar-refractivity contribution in [2.75, 3.05) is 52.5 Å². The Hall–Kier alpha value is -3.09. The van der Waals surface area contributed by atoms with E-state index in [2.05, 4.69) is 9.74 Å². The molecule has 0 amide bonds. The molecule has 0 radical (unpaired) electrons. The molecule has 0 saturated carbocycles. The first-order valence-corrected chi connectivity index (χ1v) is 10.7. The van der Waals surface area contributed by atoms with Crippen molar-refractivity contribution >= 4 is 32.4 Å². The first-order chi connectivity index (χ1) is 15.1. The summed E-state index contributed by atoms with van der Waals surface area (Å²) >= 11 is 1.42. The van der Waals surface area contributed by atoms with E-state index in [0.29, 0.717) is 47.7 Å². The van der Waals surface area contributed by atoms with Crippen molar-refractivity contribution in [1.29, 1.82) is 0 Å². The molecule has 162 valence electrons. The highest BCUT2D eigenvalue weighted by atomic mass is 32.1. The normalized spacial score (nSPS) is 13.8. The van der Waals surface area contributed by atoms with Gasteiger partial charge < -0.3 is 23.8 Å². The van der Waals surface area contributed by atoms with Gasteiger partial charge in [0, 0.05) is 24.9 Å². The third kappa shape index (κ3) is 3.96. The van der Waals surface area contributed by atoms with Gasteiger partial charge in [0.1, 0.15) is 16.5 Å². The number of aromatic nitrogens is 2. The number of methoxy groups -OCH3 is 3. The predicted octanol–water partition coefficient (Wildman–Crippen LogP) is 4.00. The van der Waals surface area contributed by atoms with Crippen molar-refractivity contribution in [2.45, 2.75) is 13.3 Å². The Labute approximate surface area is 185 Å². The number of aryl methyl sites for hydroxylation is 1. The second kappa shape index (κ2) is 8.96. The summed E-state index contributed by atoms with van der Waals surface area (Å²) in [6.07, 6.45) is 0.494. The Morgan fingerprint density at radius 2 is 1.77 bits per heavy atom. The average Bonchev–Trinajstić information content (AvgIpc) is 3.13. The summed E-state index contributed by atoms with van der Waals surface area (Å²) in [5.41, 5.74) is 1.89. The van der Waals surface area contributed by atoms with E-state index in [4.69, 9.17) is 35.5 Å². The number of morpholine rings is 1. The van der Waals surface area contributed by atoms with Gasteiger partial charge in [0.25, 0.3) is 0 Å². The van der Waals surface area contributed by atoms with Gasteiger partial charge in [-0.1, -0.05) is 0 Å². The topological polar surface area (TPSA) is 70.3 Å². The maximum atomic E-state index is 7.51. The standard InChI is InChI=1S/C22H24N4O4S/c1-13-18-20(26-6-8-30-9-7-26)24-17(25-22(18)31-21(13)23-2)12-14-10-15(27-3)19(29-5)16(11-14)28-4/h10-11H,6-9,12H2,1,3-5H3. The van der Waals surface area contributed by atoms with Crippen LogP contribution in [0.25, 0.3) is 15.1 Å². The summed E-state index contributed by atoms with van der Waals surface area (Å²) in [6.45, 7) is 12.3. The molecule has 0 bridgehead atoms. The van der Waals surface area contributed by atoms with Crippen LogP contribution in [-0.2, 0) is 11.2 Å². The van der Waals surface area contributed by atoms with Crippen LogP contribution in [0.4, 0.5) is 10.8 Å². The van der Waals surface area contributed by atoms with Crippen molar-refractivity contribution in [2.24, 2.45) is 0 Å². The molecule has 31 heavy (non-hydrogen) atoms. The van der Waals surface area contributed by atoms with Crippen LogP contribution in [0, 0.1) is 13.5 Å². The van der Waals surface area contributed by atoms with Gasteiger partial charge in [-0.15, -0.1) is 11.3 Å². The van der Waals surface area contributed by atoms with Gasteiger partial charge in [-0.25, -0.2) is 14.8 Å². The lowest BCUT2D eigenvalue weighted by atomic mass is 10.1. The zero-order chi connectivity index (χ0) is 22.0.